The molecule has 0 saturated carbocycles. The van der Waals surface area contributed by atoms with E-state index in [4.69, 9.17) is 0 Å². The van der Waals surface area contributed by atoms with Gasteiger partial charge in [0.25, 0.3) is 0 Å². The van der Waals surface area contributed by atoms with Gasteiger partial charge in [0.2, 0.25) is 5.91 Å². The van der Waals surface area contributed by atoms with E-state index >= 15 is 0 Å². The van der Waals surface area contributed by atoms with Crippen molar-refractivity contribution in [1.82, 2.24) is 19.6 Å². The molecule has 0 radical (unpaired) electrons. The number of aryl methyl sites for hydroxylation is 1. The van der Waals surface area contributed by atoms with Gasteiger partial charge in [0.1, 0.15) is 0 Å². The van der Waals surface area contributed by atoms with Crippen LogP contribution in [0.5, 0.6) is 0 Å². The lowest BCUT2D eigenvalue weighted by molar-refractivity contribution is -0.132. The van der Waals surface area contributed by atoms with Crippen molar-refractivity contribution >= 4 is 22.8 Å². The zero-order valence-electron chi connectivity index (χ0n) is 13.0. The van der Waals surface area contributed by atoms with Gasteiger partial charge in [0.15, 0.2) is 5.17 Å². The van der Waals surface area contributed by atoms with Gasteiger partial charge < -0.3 is 9.80 Å². The van der Waals surface area contributed by atoms with E-state index in [0.717, 1.165) is 45.7 Å². The van der Waals surface area contributed by atoms with Gasteiger partial charge in [-0.3, -0.25) is 14.5 Å². The van der Waals surface area contributed by atoms with E-state index in [-0.39, 0.29) is 5.91 Å². The molecule has 1 aromatic heterocycles. The molecule has 0 bridgehead atoms. The van der Waals surface area contributed by atoms with Crippen molar-refractivity contribution in [2.45, 2.75) is 31.6 Å². The molecular formula is C15H23N5OS. The maximum absolute atomic E-state index is 12.2. The minimum absolute atomic E-state index is 0.265. The number of thioether (sulfide) groups is 1. The summed E-state index contributed by atoms with van der Waals surface area (Å²) >= 11 is 1.86. The molecule has 3 heterocycles. The molecule has 1 amide bonds. The summed E-state index contributed by atoms with van der Waals surface area (Å²) in [4.78, 5) is 21.1. The van der Waals surface area contributed by atoms with E-state index in [2.05, 4.69) is 21.9 Å². The van der Waals surface area contributed by atoms with Crippen LogP contribution in [0.2, 0.25) is 0 Å². The number of carbonyl (C=O) groups is 1. The smallest absolute Gasteiger partial charge is 0.222 e. The summed E-state index contributed by atoms with van der Waals surface area (Å²) in [7, 11) is 0. The maximum Gasteiger partial charge on any atom is 0.222 e. The highest BCUT2D eigenvalue weighted by atomic mass is 32.2. The first kappa shape index (κ1) is 15.4. The number of carbonyl (C=O) groups excluding carboxylic acids is 1. The number of rotatable bonds is 4. The summed E-state index contributed by atoms with van der Waals surface area (Å²) in [5.74, 6) is 0.265. The standard InChI is InChI=1S/C15H23N5OS/c1-13-12-16-15(22-13)19-10-8-18(9-11-19)14(21)4-2-6-20-7-3-5-17-20/h3,5,7,13H,2,4,6,8-12H2,1H3. The molecule has 120 valence electrons. The van der Waals surface area contributed by atoms with E-state index < -0.39 is 0 Å². The van der Waals surface area contributed by atoms with Crippen LogP contribution < -0.4 is 0 Å². The SMILES string of the molecule is CC1CN=C(N2CCN(C(=O)CCCn3cccn3)CC2)S1. The van der Waals surface area contributed by atoms with Crippen molar-refractivity contribution in [2.24, 2.45) is 4.99 Å². The van der Waals surface area contributed by atoms with Crippen LogP contribution in [0.1, 0.15) is 19.8 Å². The molecule has 1 atom stereocenters. The number of amidine groups is 1. The third kappa shape index (κ3) is 3.82. The zero-order valence-corrected chi connectivity index (χ0v) is 13.8. The van der Waals surface area contributed by atoms with Crippen LogP contribution in [-0.2, 0) is 11.3 Å². The number of aliphatic imine (C=N–C) groups is 1. The highest BCUT2D eigenvalue weighted by Crippen LogP contribution is 2.23. The molecule has 2 aliphatic rings. The first-order valence-electron chi connectivity index (χ1n) is 7.93. The van der Waals surface area contributed by atoms with Crippen molar-refractivity contribution < 1.29 is 4.79 Å². The summed E-state index contributed by atoms with van der Waals surface area (Å²) < 4.78 is 1.88. The third-order valence-electron chi connectivity index (χ3n) is 4.03. The Kier molecular flexibility index (Phi) is 5.02. The Balaban J connectivity index is 1.38. The summed E-state index contributed by atoms with van der Waals surface area (Å²) in [5.41, 5.74) is 0. The summed E-state index contributed by atoms with van der Waals surface area (Å²) in [6, 6.07) is 1.91. The van der Waals surface area contributed by atoms with Gasteiger partial charge in [-0.2, -0.15) is 5.10 Å². The first-order chi connectivity index (χ1) is 10.7. The van der Waals surface area contributed by atoms with E-state index in [1.165, 1.54) is 5.17 Å². The minimum atomic E-state index is 0.265. The molecule has 0 spiro atoms. The fourth-order valence-corrected chi connectivity index (χ4v) is 3.76. The van der Waals surface area contributed by atoms with Crippen LogP contribution in [0, 0.1) is 0 Å². The summed E-state index contributed by atoms with van der Waals surface area (Å²) in [6.45, 7) is 7.38. The van der Waals surface area contributed by atoms with Gasteiger partial charge in [-0.15, -0.1) is 0 Å². The van der Waals surface area contributed by atoms with Crippen LogP contribution in [0.15, 0.2) is 23.5 Å². The molecule has 22 heavy (non-hydrogen) atoms. The number of hydrogen-bond donors (Lipinski definition) is 0. The lowest BCUT2D eigenvalue weighted by Crippen LogP contribution is -2.49. The molecule has 7 heteroatoms. The van der Waals surface area contributed by atoms with Crippen LogP contribution >= 0.6 is 11.8 Å². The highest BCUT2D eigenvalue weighted by Gasteiger charge is 2.26. The molecule has 1 saturated heterocycles. The second kappa shape index (κ2) is 7.17. The lowest BCUT2D eigenvalue weighted by atomic mass is 10.2. The minimum Gasteiger partial charge on any atom is -0.348 e. The van der Waals surface area contributed by atoms with Gasteiger partial charge in [0.05, 0.1) is 6.54 Å². The number of aromatic nitrogens is 2. The molecule has 1 fully saturated rings. The quantitative estimate of drug-likeness (QED) is 0.839. The van der Waals surface area contributed by atoms with Crippen molar-refractivity contribution in [3.05, 3.63) is 18.5 Å². The molecule has 2 aliphatic heterocycles. The molecule has 1 unspecified atom stereocenters. The topological polar surface area (TPSA) is 53.7 Å². The fraction of sp³-hybridized carbons (Fsp3) is 0.667. The van der Waals surface area contributed by atoms with E-state index in [1.54, 1.807) is 6.20 Å². The Morgan fingerprint density at radius 2 is 2.18 bits per heavy atom. The molecule has 3 rings (SSSR count). The van der Waals surface area contributed by atoms with Gasteiger partial charge in [-0.25, -0.2) is 0 Å². The van der Waals surface area contributed by atoms with Crippen LogP contribution in [0.25, 0.3) is 0 Å². The summed E-state index contributed by atoms with van der Waals surface area (Å²) in [6.07, 6.45) is 5.16. The van der Waals surface area contributed by atoms with E-state index in [0.29, 0.717) is 11.7 Å². The number of piperazine rings is 1. The number of hydrogen-bond acceptors (Lipinski definition) is 5. The molecular weight excluding hydrogens is 298 g/mol. The van der Waals surface area contributed by atoms with Crippen LogP contribution in [-0.4, -0.2) is 68.6 Å². The fourth-order valence-electron chi connectivity index (χ4n) is 2.77. The molecule has 0 aromatic carbocycles. The second-order valence-corrected chi connectivity index (χ2v) is 7.20. The first-order valence-corrected chi connectivity index (χ1v) is 8.81. The van der Waals surface area contributed by atoms with Gasteiger partial charge >= 0.3 is 0 Å². The number of amides is 1. The Morgan fingerprint density at radius 3 is 2.82 bits per heavy atom. The normalized spacial score (nSPS) is 22.0. The van der Waals surface area contributed by atoms with Crippen LogP contribution in [0.4, 0.5) is 0 Å². The Morgan fingerprint density at radius 1 is 1.36 bits per heavy atom. The van der Waals surface area contributed by atoms with Gasteiger partial charge in [0, 0.05) is 56.8 Å². The van der Waals surface area contributed by atoms with Crippen molar-refractivity contribution in [2.75, 3.05) is 32.7 Å². The maximum atomic E-state index is 12.2. The summed E-state index contributed by atoms with van der Waals surface area (Å²) in [5, 5.41) is 5.91. The molecule has 6 nitrogen and oxygen atoms in total. The Hall–Kier alpha value is -1.50. The second-order valence-electron chi connectivity index (χ2n) is 5.79. The Labute approximate surface area is 135 Å². The van der Waals surface area contributed by atoms with Crippen molar-refractivity contribution in [1.29, 1.82) is 0 Å². The number of nitrogens with zero attached hydrogens (tertiary/aromatic N) is 5. The molecule has 1 aromatic rings. The Bertz CT molecular complexity index is 522. The largest absolute Gasteiger partial charge is 0.348 e. The predicted molar refractivity (Wildman–Crippen MR) is 89.0 cm³/mol. The molecule has 0 N–H and O–H groups in total. The monoisotopic (exact) mass is 321 g/mol. The van der Waals surface area contributed by atoms with Crippen molar-refractivity contribution in [3.8, 4) is 0 Å². The van der Waals surface area contributed by atoms with Gasteiger partial charge in [-0.1, -0.05) is 18.7 Å². The molecule has 0 aliphatic carbocycles. The highest BCUT2D eigenvalue weighted by molar-refractivity contribution is 8.14. The third-order valence-corrected chi connectivity index (χ3v) is 5.18. The predicted octanol–water partition coefficient (Wildman–Crippen LogP) is 1.30. The van der Waals surface area contributed by atoms with Gasteiger partial charge in [-0.05, 0) is 12.5 Å². The van der Waals surface area contributed by atoms with Crippen LogP contribution in [0.3, 0.4) is 0 Å². The lowest BCUT2D eigenvalue weighted by Gasteiger charge is -2.35. The van der Waals surface area contributed by atoms with Crippen molar-refractivity contribution in [3.63, 3.8) is 0 Å². The average Bonchev–Trinajstić information content (AvgIpc) is 3.19. The van der Waals surface area contributed by atoms with E-state index in [9.17, 15) is 4.79 Å². The van der Waals surface area contributed by atoms with E-state index in [1.807, 2.05) is 33.6 Å². The average molecular weight is 321 g/mol. The zero-order chi connectivity index (χ0) is 15.4.